The fourth-order valence-electron chi connectivity index (χ4n) is 5.37. The zero-order chi connectivity index (χ0) is 30.6. The van der Waals surface area contributed by atoms with Crippen LogP contribution in [0.1, 0.15) is 52.7 Å². The molecule has 42 heavy (non-hydrogen) atoms. The standard InChI is InChI=1S/C31H34Cl2N6O3/c1-17-21(32)13-22-20(15-35-37-22)27(17)41-23-10-8-9-18-25(23)36-28(33)19(14-34)26(18)38-11-12-39(24(16-38)30(2,3)4)29(40)42-31(5,6)7/h8-10,13,15,24H,11-12,16H2,1-7H3,(H,35,37). The number of hydrogen-bond donors (Lipinski definition) is 1. The minimum atomic E-state index is -0.612. The van der Waals surface area contributed by atoms with Crippen molar-refractivity contribution in [3.05, 3.63) is 51.8 Å². The lowest BCUT2D eigenvalue weighted by Crippen LogP contribution is -2.60. The molecule has 2 aromatic heterocycles. The Bertz CT molecular complexity index is 1730. The summed E-state index contributed by atoms with van der Waals surface area (Å²) in [6, 6.07) is 9.46. The highest BCUT2D eigenvalue weighted by Gasteiger charge is 2.41. The molecule has 1 aliphatic heterocycles. The first-order valence-electron chi connectivity index (χ1n) is 13.8. The van der Waals surface area contributed by atoms with Crippen LogP contribution in [-0.2, 0) is 4.74 Å². The highest BCUT2D eigenvalue weighted by atomic mass is 35.5. The van der Waals surface area contributed by atoms with E-state index in [1.165, 1.54) is 0 Å². The molecular formula is C31H34Cl2N6O3. The van der Waals surface area contributed by atoms with Crippen molar-refractivity contribution >= 4 is 56.8 Å². The number of fused-ring (bicyclic) bond motifs is 2. The van der Waals surface area contributed by atoms with E-state index >= 15 is 0 Å². The van der Waals surface area contributed by atoms with Gasteiger partial charge in [-0.15, -0.1) is 0 Å². The SMILES string of the molecule is Cc1c(Cl)cc2[nH]ncc2c1Oc1cccc2c(N3CCN(C(=O)OC(C)(C)C)C(C(C)(C)C)C3)c(C#N)c(Cl)nc12. The number of rotatable bonds is 3. The lowest BCUT2D eigenvalue weighted by atomic mass is 9.84. The molecule has 1 saturated heterocycles. The molecule has 1 fully saturated rings. The Morgan fingerprint density at radius 1 is 1.14 bits per heavy atom. The van der Waals surface area contributed by atoms with E-state index in [9.17, 15) is 10.1 Å². The Morgan fingerprint density at radius 2 is 1.88 bits per heavy atom. The van der Waals surface area contributed by atoms with Gasteiger partial charge in [-0.05, 0) is 45.2 Å². The van der Waals surface area contributed by atoms with Gasteiger partial charge in [0, 0.05) is 35.6 Å². The molecule has 3 heterocycles. The fraction of sp³-hybridized carbons (Fsp3) is 0.419. The third-order valence-electron chi connectivity index (χ3n) is 7.44. The van der Waals surface area contributed by atoms with Crippen molar-refractivity contribution in [2.24, 2.45) is 5.41 Å². The number of H-pyrrole nitrogens is 1. The first-order valence-corrected chi connectivity index (χ1v) is 14.5. The summed E-state index contributed by atoms with van der Waals surface area (Å²) >= 11 is 13.2. The topological polar surface area (TPSA) is 107 Å². The van der Waals surface area contributed by atoms with Crippen LogP contribution in [0, 0.1) is 23.7 Å². The molecule has 1 amide bonds. The number of aromatic amines is 1. The number of para-hydroxylation sites is 1. The van der Waals surface area contributed by atoms with E-state index < -0.39 is 5.60 Å². The van der Waals surface area contributed by atoms with Gasteiger partial charge in [0.15, 0.2) is 5.75 Å². The van der Waals surface area contributed by atoms with Crippen molar-refractivity contribution < 1.29 is 14.3 Å². The number of ether oxygens (including phenoxy) is 2. The molecule has 1 N–H and O–H groups in total. The number of halogens is 2. The zero-order valence-electron chi connectivity index (χ0n) is 24.8. The molecule has 4 aromatic rings. The summed E-state index contributed by atoms with van der Waals surface area (Å²) in [4.78, 5) is 21.8. The van der Waals surface area contributed by atoms with E-state index in [1.54, 1.807) is 11.1 Å². The van der Waals surface area contributed by atoms with Crippen LogP contribution < -0.4 is 9.64 Å². The largest absolute Gasteiger partial charge is 0.454 e. The maximum atomic E-state index is 13.2. The summed E-state index contributed by atoms with van der Waals surface area (Å²) in [5.41, 5.74) is 2.06. The van der Waals surface area contributed by atoms with Crippen LogP contribution in [0.25, 0.3) is 21.8 Å². The highest BCUT2D eigenvalue weighted by Crippen LogP contribution is 2.43. The van der Waals surface area contributed by atoms with Gasteiger partial charge >= 0.3 is 6.09 Å². The van der Waals surface area contributed by atoms with Crippen molar-refractivity contribution in [1.82, 2.24) is 20.1 Å². The molecule has 0 radical (unpaired) electrons. The van der Waals surface area contributed by atoms with E-state index in [1.807, 2.05) is 52.0 Å². The van der Waals surface area contributed by atoms with Crippen molar-refractivity contribution in [3.8, 4) is 17.6 Å². The Hall–Kier alpha value is -3.74. The molecular weight excluding hydrogens is 575 g/mol. The van der Waals surface area contributed by atoms with Gasteiger partial charge < -0.3 is 19.3 Å². The predicted octanol–water partition coefficient (Wildman–Crippen LogP) is 7.86. The van der Waals surface area contributed by atoms with Crippen molar-refractivity contribution in [2.75, 3.05) is 24.5 Å². The number of hydrogen-bond acceptors (Lipinski definition) is 7. The maximum Gasteiger partial charge on any atom is 0.410 e. The van der Waals surface area contributed by atoms with Crippen LogP contribution in [0.4, 0.5) is 10.5 Å². The molecule has 0 saturated carbocycles. The number of nitriles is 1. The second-order valence-electron chi connectivity index (χ2n) is 12.6. The van der Waals surface area contributed by atoms with Crippen LogP contribution in [0.2, 0.25) is 10.2 Å². The number of pyridine rings is 1. The van der Waals surface area contributed by atoms with Gasteiger partial charge in [0.25, 0.3) is 0 Å². The molecule has 0 bridgehead atoms. The summed E-state index contributed by atoms with van der Waals surface area (Å²) in [6.07, 6.45) is 1.34. The van der Waals surface area contributed by atoms with Gasteiger partial charge in [-0.25, -0.2) is 9.78 Å². The normalized spacial score (nSPS) is 16.1. The van der Waals surface area contributed by atoms with Crippen molar-refractivity contribution in [2.45, 2.75) is 60.1 Å². The van der Waals surface area contributed by atoms with Crippen molar-refractivity contribution in [3.63, 3.8) is 0 Å². The number of amides is 1. The number of carbonyl (C=O) groups is 1. The Balaban J connectivity index is 1.60. The third-order valence-corrected chi connectivity index (χ3v) is 8.10. The molecule has 1 atom stereocenters. The van der Waals surface area contributed by atoms with Crippen LogP contribution in [-0.4, -0.2) is 57.5 Å². The molecule has 0 spiro atoms. The highest BCUT2D eigenvalue weighted by molar-refractivity contribution is 6.32. The first kappa shape index (κ1) is 29.7. The van der Waals surface area contributed by atoms with E-state index in [0.717, 1.165) is 21.9 Å². The van der Waals surface area contributed by atoms with E-state index in [2.05, 4.69) is 46.9 Å². The molecule has 220 valence electrons. The molecule has 9 nitrogen and oxygen atoms in total. The lowest BCUT2D eigenvalue weighted by Gasteiger charge is -2.48. The Morgan fingerprint density at radius 3 is 2.55 bits per heavy atom. The zero-order valence-corrected chi connectivity index (χ0v) is 26.3. The van der Waals surface area contributed by atoms with E-state index in [0.29, 0.717) is 47.4 Å². The van der Waals surface area contributed by atoms with Crippen LogP contribution in [0.5, 0.6) is 11.5 Å². The fourth-order valence-corrected chi connectivity index (χ4v) is 5.78. The summed E-state index contributed by atoms with van der Waals surface area (Å²) in [5, 5.41) is 19.4. The van der Waals surface area contributed by atoms with Gasteiger partial charge in [-0.3, -0.25) is 5.10 Å². The number of carbonyl (C=O) groups excluding carboxylic acids is 1. The predicted molar refractivity (Wildman–Crippen MR) is 166 cm³/mol. The number of nitrogens with one attached hydrogen (secondary N) is 1. The minimum absolute atomic E-state index is 0.0780. The van der Waals surface area contributed by atoms with Gasteiger partial charge in [0.05, 0.1) is 28.8 Å². The first-order chi connectivity index (χ1) is 19.7. The number of nitrogens with zero attached hydrogens (tertiary/aromatic N) is 5. The Labute approximate surface area is 255 Å². The summed E-state index contributed by atoms with van der Waals surface area (Å²) in [5.74, 6) is 1.02. The molecule has 0 aliphatic carbocycles. The minimum Gasteiger partial charge on any atom is -0.454 e. The second kappa shape index (κ2) is 10.8. The molecule has 1 aliphatic rings. The summed E-state index contributed by atoms with van der Waals surface area (Å²) in [6.45, 7) is 15.1. The quantitative estimate of drug-likeness (QED) is 0.236. The monoisotopic (exact) mass is 608 g/mol. The molecule has 11 heteroatoms. The van der Waals surface area contributed by atoms with Crippen LogP contribution in [0.15, 0.2) is 30.5 Å². The van der Waals surface area contributed by atoms with Crippen LogP contribution >= 0.6 is 23.2 Å². The summed E-state index contributed by atoms with van der Waals surface area (Å²) < 4.78 is 12.2. The third kappa shape index (κ3) is 5.53. The maximum absolute atomic E-state index is 13.2. The van der Waals surface area contributed by atoms with E-state index in [4.69, 9.17) is 32.7 Å². The summed E-state index contributed by atoms with van der Waals surface area (Å²) in [7, 11) is 0. The van der Waals surface area contributed by atoms with Crippen LogP contribution in [0.3, 0.4) is 0 Å². The van der Waals surface area contributed by atoms with Crippen molar-refractivity contribution in [1.29, 1.82) is 5.26 Å². The van der Waals surface area contributed by atoms with Gasteiger partial charge in [-0.1, -0.05) is 56.1 Å². The van der Waals surface area contributed by atoms with Gasteiger partial charge in [0.1, 0.15) is 33.7 Å². The van der Waals surface area contributed by atoms with Gasteiger partial charge in [-0.2, -0.15) is 10.4 Å². The number of benzene rings is 2. The average Bonchev–Trinajstić information content (AvgIpc) is 3.37. The molecule has 1 unspecified atom stereocenters. The molecule has 2 aromatic carbocycles. The van der Waals surface area contributed by atoms with E-state index in [-0.39, 0.29) is 28.3 Å². The lowest BCUT2D eigenvalue weighted by molar-refractivity contribution is -0.000613. The number of piperazine rings is 1. The number of aromatic nitrogens is 3. The second-order valence-corrected chi connectivity index (χ2v) is 13.4. The smallest absolute Gasteiger partial charge is 0.410 e. The van der Waals surface area contributed by atoms with Gasteiger partial charge in [0.2, 0.25) is 0 Å². The number of anilines is 1. The average molecular weight is 610 g/mol. The molecule has 5 rings (SSSR count). The Kier molecular flexibility index (Phi) is 7.67.